The molecule has 6 nitrogen and oxygen atoms in total. The van der Waals surface area contributed by atoms with Crippen molar-refractivity contribution in [1.82, 2.24) is 9.97 Å². The smallest absolute Gasteiger partial charge is 0.321 e. The third-order valence-electron chi connectivity index (χ3n) is 2.44. The molecule has 7 heteroatoms. The fourth-order valence-electron chi connectivity index (χ4n) is 1.34. The van der Waals surface area contributed by atoms with Crippen molar-refractivity contribution in [2.75, 3.05) is 5.75 Å². The Morgan fingerprint density at radius 3 is 2.44 bits per heavy atom. The monoisotopic (exact) mass is 271 g/mol. The lowest BCUT2D eigenvalue weighted by Gasteiger charge is -2.09. The molecule has 1 atom stereocenters. The van der Waals surface area contributed by atoms with E-state index in [1.165, 1.54) is 11.8 Å². The number of nitrogens with zero attached hydrogens (tertiary/aromatic N) is 2. The molecule has 4 N–H and O–H groups in total. The average Bonchev–Trinajstić information content (AvgIpc) is 2.32. The van der Waals surface area contributed by atoms with Gasteiger partial charge in [0.2, 0.25) is 0 Å². The van der Waals surface area contributed by atoms with Crippen LogP contribution in [0.3, 0.4) is 0 Å². The van der Waals surface area contributed by atoms with E-state index in [0.29, 0.717) is 22.9 Å². The normalized spacial score (nSPS) is 12.4. The number of aliphatic hydroxyl groups excluding tert-OH is 1. The van der Waals surface area contributed by atoms with E-state index in [2.05, 4.69) is 9.97 Å². The molecule has 0 fully saturated rings. The molecular weight excluding hydrogens is 254 g/mol. The first-order chi connectivity index (χ1) is 8.45. The second-order valence-corrected chi connectivity index (χ2v) is 4.94. The number of rotatable bonds is 6. The molecule has 0 aliphatic rings. The summed E-state index contributed by atoms with van der Waals surface area (Å²) in [6, 6.07) is -0.860. The van der Waals surface area contributed by atoms with Crippen molar-refractivity contribution < 1.29 is 15.0 Å². The third-order valence-corrected chi connectivity index (χ3v) is 3.52. The van der Waals surface area contributed by atoms with Crippen LogP contribution < -0.4 is 5.73 Å². The molecule has 1 rings (SSSR count). The molecule has 0 saturated heterocycles. The van der Waals surface area contributed by atoms with Gasteiger partial charge in [-0.3, -0.25) is 14.8 Å². The lowest BCUT2D eigenvalue weighted by molar-refractivity contribution is -0.137. The number of nitrogens with two attached hydrogens (primary N) is 1. The average molecular weight is 271 g/mol. The highest BCUT2D eigenvalue weighted by Crippen LogP contribution is 2.15. The van der Waals surface area contributed by atoms with Crippen LogP contribution in [0, 0.1) is 13.8 Å². The van der Waals surface area contributed by atoms with Gasteiger partial charge in [-0.2, -0.15) is 11.8 Å². The highest BCUT2D eigenvalue weighted by atomic mass is 32.2. The number of aromatic nitrogens is 2. The predicted octanol–water partition coefficient (Wildman–Crippen LogP) is 0.231. The Labute approximate surface area is 110 Å². The van der Waals surface area contributed by atoms with Gasteiger partial charge in [0, 0.05) is 11.5 Å². The van der Waals surface area contributed by atoms with Crippen LogP contribution in [0.15, 0.2) is 0 Å². The maximum Gasteiger partial charge on any atom is 0.321 e. The summed E-state index contributed by atoms with van der Waals surface area (Å²) in [5.74, 6) is -0.110. The Morgan fingerprint density at radius 1 is 1.33 bits per heavy atom. The van der Waals surface area contributed by atoms with Gasteiger partial charge in [-0.05, 0) is 13.8 Å². The van der Waals surface area contributed by atoms with Gasteiger partial charge < -0.3 is 15.9 Å². The molecule has 0 amide bonds. The molecule has 1 heterocycles. The highest BCUT2D eigenvalue weighted by molar-refractivity contribution is 7.98. The van der Waals surface area contributed by atoms with E-state index >= 15 is 0 Å². The molecule has 1 unspecified atom stereocenters. The number of thioether (sulfide) groups is 1. The fourth-order valence-corrected chi connectivity index (χ4v) is 2.32. The SMILES string of the molecule is Cc1nc(CSCC(N)C(=O)O)c(C)nc1CO. The molecule has 0 bridgehead atoms. The van der Waals surface area contributed by atoms with E-state index in [9.17, 15) is 4.79 Å². The van der Waals surface area contributed by atoms with E-state index in [0.717, 1.165) is 11.4 Å². The maximum absolute atomic E-state index is 10.6. The molecule has 0 saturated carbocycles. The van der Waals surface area contributed by atoms with E-state index < -0.39 is 12.0 Å². The van der Waals surface area contributed by atoms with Crippen molar-refractivity contribution in [1.29, 1.82) is 0 Å². The van der Waals surface area contributed by atoms with Gasteiger partial charge in [-0.15, -0.1) is 0 Å². The summed E-state index contributed by atoms with van der Waals surface area (Å²) >= 11 is 1.41. The van der Waals surface area contributed by atoms with Crippen LogP contribution in [0.1, 0.15) is 22.8 Å². The Bertz CT molecular complexity index is 440. The third kappa shape index (κ3) is 3.94. The number of carboxylic acids is 1. The first-order valence-electron chi connectivity index (χ1n) is 5.45. The first kappa shape index (κ1) is 14.9. The van der Waals surface area contributed by atoms with Crippen LogP contribution in [-0.2, 0) is 17.2 Å². The summed E-state index contributed by atoms with van der Waals surface area (Å²) in [7, 11) is 0. The lowest BCUT2D eigenvalue weighted by atomic mass is 10.3. The second kappa shape index (κ2) is 6.67. The zero-order valence-corrected chi connectivity index (χ0v) is 11.2. The van der Waals surface area contributed by atoms with Crippen molar-refractivity contribution in [2.45, 2.75) is 32.2 Å². The Balaban J connectivity index is 2.63. The minimum atomic E-state index is -1.00. The molecule has 18 heavy (non-hydrogen) atoms. The zero-order chi connectivity index (χ0) is 13.7. The van der Waals surface area contributed by atoms with Crippen molar-refractivity contribution >= 4 is 17.7 Å². The van der Waals surface area contributed by atoms with E-state index in [1.54, 1.807) is 6.92 Å². The number of carbonyl (C=O) groups is 1. The summed E-state index contributed by atoms with van der Waals surface area (Å²) in [5.41, 5.74) is 8.22. The van der Waals surface area contributed by atoms with Crippen molar-refractivity contribution in [3.8, 4) is 0 Å². The number of aryl methyl sites for hydroxylation is 2. The molecule has 1 aromatic heterocycles. The van der Waals surface area contributed by atoms with Crippen LogP contribution in [0.2, 0.25) is 0 Å². The van der Waals surface area contributed by atoms with Crippen LogP contribution in [0.25, 0.3) is 0 Å². The maximum atomic E-state index is 10.6. The fraction of sp³-hybridized carbons (Fsp3) is 0.545. The number of aliphatic carboxylic acids is 1. The summed E-state index contributed by atoms with van der Waals surface area (Å²) in [5, 5.41) is 17.7. The van der Waals surface area contributed by atoms with Gasteiger partial charge in [0.05, 0.1) is 29.4 Å². The molecule has 0 aromatic carbocycles. The van der Waals surface area contributed by atoms with Crippen molar-refractivity contribution in [3.63, 3.8) is 0 Å². The first-order valence-corrected chi connectivity index (χ1v) is 6.61. The van der Waals surface area contributed by atoms with Gasteiger partial charge in [0.15, 0.2) is 0 Å². The van der Waals surface area contributed by atoms with E-state index in [-0.39, 0.29) is 6.61 Å². The molecular formula is C11H17N3O3S. The van der Waals surface area contributed by atoms with Crippen LogP contribution >= 0.6 is 11.8 Å². The molecule has 0 radical (unpaired) electrons. The Hall–Kier alpha value is -1.18. The molecule has 0 aliphatic heterocycles. The van der Waals surface area contributed by atoms with Crippen molar-refractivity contribution in [2.24, 2.45) is 5.73 Å². The predicted molar refractivity (Wildman–Crippen MR) is 69.2 cm³/mol. The standard InChI is InChI=1S/C11H17N3O3S/c1-6-9(3-15)13-7(2)10(14-6)5-18-4-8(12)11(16)17/h8,15H,3-5,12H2,1-2H3,(H,16,17). The topological polar surface area (TPSA) is 109 Å². The van der Waals surface area contributed by atoms with E-state index in [4.69, 9.17) is 15.9 Å². The molecule has 1 aromatic rings. The highest BCUT2D eigenvalue weighted by Gasteiger charge is 2.12. The summed E-state index contributed by atoms with van der Waals surface area (Å²) in [4.78, 5) is 19.2. The molecule has 100 valence electrons. The number of hydrogen-bond acceptors (Lipinski definition) is 6. The lowest BCUT2D eigenvalue weighted by Crippen LogP contribution is -2.32. The van der Waals surface area contributed by atoms with Gasteiger partial charge in [0.1, 0.15) is 6.04 Å². The number of aliphatic hydroxyl groups is 1. The molecule has 0 spiro atoms. The minimum absolute atomic E-state index is 0.128. The van der Waals surface area contributed by atoms with E-state index in [1.807, 2.05) is 6.92 Å². The van der Waals surface area contributed by atoms with Crippen LogP contribution in [0.4, 0.5) is 0 Å². The van der Waals surface area contributed by atoms with Gasteiger partial charge >= 0.3 is 5.97 Å². The number of hydrogen-bond donors (Lipinski definition) is 3. The summed E-state index contributed by atoms with van der Waals surface area (Å²) in [6.45, 7) is 3.48. The van der Waals surface area contributed by atoms with Crippen LogP contribution in [0.5, 0.6) is 0 Å². The summed E-state index contributed by atoms with van der Waals surface area (Å²) < 4.78 is 0. The minimum Gasteiger partial charge on any atom is -0.480 e. The van der Waals surface area contributed by atoms with Gasteiger partial charge in [-0.25, -0.2) is 0 Å². The summed E-state index contributed by atoms with van der Waals surface area (Å²) in [6.07, 6.45) is 0. The molecule has 0 aliphatic carbocycles. The number of carboxylic acid groups (broad SMARTS) is 1. The Kier molecular flexibility index (Phi) is 5.52. The van der Waals surface area contributed by atoms with Crippen molar-refractivity contribution in [3.05, 3.63) is 22.8 Å². The van der Waals surface area contributed by atoms with Crippen LogP contribution in [-0.4, -0.2) is 37.9 Å². The quantitative estimate of drug-likeness (QED) is 0.679. The Morgan fingerprint density at radius 2 is 1.89 bits per heavy atom. The second-order valence-electron chi connectivity index (χ2n) is 3.91. The van der Waals surface area contributed by atoms with Gasteiger partial charge in [-0.1, -0.05) is 0 Å². The zero-order valence-electron chi connectivity index (χ0n) is 10.4. The van der Waals surface area contributed by atoms with Gasteiger partial charge in [0.25, 0.3) is 0 Å². The largest absolute Gasteiger partial charge is 0.480 e.